The molecule has 0 radical (unpaired) electrons. The Kier molecular flexibility index (Phi) is 4.53. The predicted octanol–water partition coefficient (Wildman–Crippen LogP) is 5.33. The Bertz CT molecular complexity index is 888. The number of rotatable bonds is 3. The number of halogens is 5. The van der Waals surface area contributed by atoms with Crippen LogP contribution in [0.5, 0.6) is 5.75 Å². The fourth-order valence-electron chi connectivity index (χ4n) is 2.23. The monoisotopic (exact) mass is 387 g/mol. The first-order chi connectivity index (χ1) is 11.7. The fraction of sp³-hybridized carbons (Fsp3) is 0.0625. The van der Waals surface area contributed by atoms with Crippen molar-refractivity contribution in [3.63, 3.8) is 0 Å². The molecule has 3 aromatic rings. The Morgan fingerprint density at radius 2 is 1.56 bits per heavy atom. The third kappa shape index (κ3) is 4.18. The zero-order valence-electron chi connectivity index (χ0n) is 12.4. The summed E-state index contributed by atoms with van der Waals surface area (Å²) in [5, 5.41) is 5.24. The van der Waals surface area contributed by atoms with E-state index < -0.39 is 6.36 Å². The molecule has 4 nitrogen and oxygen atoms in total. The molecule has 3 rings (SSSR count). The average molecular weight is 388 g/mol. The number of alkyl halides is 3. The second-order valence-electron chi connectivity index (χ2n) is 5.07. The highest BCUT2D eigenvalue weighted by Crippen LogP contribution is 2.29. The van der Waals surface area contributed by atoms with Gasteiger partial charge in [-0.15, -0.1) is 13.2 Å². The largest absolute Gasteiger partial charge is 0.573 e. The van der Waals surface area contributed by atoms with Gasteiger partial charge in [-0.3, -0.25) is 0 Å². The van der Waals surface area contributed by atoms with Crippen LogP contribution in [0.3, 0.4) is 0 Å². The Morgan fingerprint density at radius 3 is 2.12 bits per heavy atom. The SMILES string of the molecule is Nc1cc(-c2cc(Cl)cc(Cl)c2)nn1-c1ccc(OC(F)(F)F)cc1. The number of benzene rings is 2. The molecule has 0 saturated heterocycles. The minimum absolute atomic E-state index is 0.301. The number of nitrogens with two attached hydrogens (primary N) is 1. The third-order valence-electron chi connectivity index (χ3n) is 3.21. The molecule has 0 fully saturated rings. The molecular formula is C16H10Cl2F3N3O. The van der Waals surface area contributed by atoms with Crippen molar-refractivity contribution in [2.24, 2.45) is 0 Å². The molecule has 0 atom stereocenters. The number of aromatic nitrogens is 2. The van der Waals surface area contributed by atoms with Crippen LogP contribution in [0, 0.1) is 0 Å². The van der Waals surface area contributed by atoms with Crippen LogP contribution in [0.2, 0.25) is 10.0 Å². The van der Waals surface area contributed by atoms with Gasteiger partial charge in [0.1, 0.15) is 11.6 Å². The molecule has 0 aliphatic carbocycles. The van der Waals surface area contributed by atoms with Gasteiger partial charge in [-0.1, -0.05) is 23.2 Å². The summed E-state index contributed by atoms with van der Waals surface area (Å²) in [6, 6.07) is 11.8. The van der Waals surface area contributed by atoms with Crippen molar-refractivity contribution in [2.45, 2.75) is 6.36 Å². The summed E-state index contributed by atoms with van der Waals surface area (Å²) < 4.78 is 41.8. The first-order valence-corrected chi connectivity index (χ1v) is 7.65. The minimum atomic E-state index is -4.74. The molecule has 1 heterocycles. The Hall–Kier alpha value is -2.38. The van der Waals surface area contributed by atoms with Crippen LogP contribution in [0.15, 0.2) is 48.5 Å². The molecular weight excluding hydrogens is 378 g/mol. The second kappa shape index (κ2) is 6.50. The van der Waals surface area contributed by atoms with Crippen molar-refractivity contribution in [3.8, 4) is 22.7 Å². The lowest BCUT2D eigenvalue weighted by atomic mass is 10.1. The average Bonchev–Trinajstić information content (AvgIpc) is 2.87. The van der Waals surface area contributed by atoms with E-state index in [0.717, 1.165) is 0 Å². The van der Waals surface area contributed by atoms with Gasteiger partial charge < -0.3 is 10.5 Å². The van der Waals surface area contributed by atoms with E-state index in [0.29, 0.717) is 32.8 Å². The van der Waals surface area contributed by atoms with Crippen LogP contribution in [-0.2, 0) is 0 Å². The molecule has 2 N–H and O–H groups in total. The van der Waals surface area contributed by atoms with Gasteiger partial charge >= 0.3 is 6.36 Å². The smallest absolute Gasteiger partial charge is 0.406 e. The highest BCUT2D eigenvalue weighted by molar-refractivity contribution is 6.35. The highest BCUT2D eigenvalue weighted by atomic mass is 35.5. The van der Waals surface area contributed by atoms with E-state index in [4.69, 9.17) is 28.9 Å². The molecule has 0 bridgehead atoms. The highest BCUT2D eigenvalue weighted by Gasteiger charge is 2.31. The molecule has 9 heteroatoms. The van der Waals surface area contributed by atoms with Crippen molar-refractivity contribution in [1.29, 1.82) is 0 Å². The van der Waals surface area contributed by atoms with Gasteiger partial charge in [-0.05, 0) is 42.5 Å². The number of hydrogen-bond donors (Lipinski definition) is 1. The van der Waals surface area contributed by atoms with E-state index in [1.54, 1.807) is 24.3 Å². The topological polar surface area (TPSA) is 53.1 Å². The maximum Gasteiger partial charge on any atom is 0.573 e. The standard InChI is InChI=1S/C16H10Cl2F3N3O/c17-10-5-9(6-11(18)7-10)14-8-15(22)24(23-14)12-1-3-13(4-2-12)25-16(19,20)21/h1-8H,22H2. The number of anilines is 1. The summed E-state index contributed by atoms with van der Waals surface area (Å²) in [7, 11) is 0. The molecule has 0 unspecified atom stereocenters. The van der Waals surface area contributed by atoms with E-state index >= 15 is 0 Å². The van der Waals surface area contributed by atoms with Gasteiger partial charge in [0.05, 0.1) is 11.4 Å². The normalized spacial score (nSPS) is 11.6. The zero-order valence-corrected chi connectivity index (χ0v) is 13.9. The van der Waals surface area contributed by atoms with Crippen LogP contribution in [0.25, 0.3) is 16.9 Å². The van der Waals surface area contributed by atoms with E-state index in [1.807, 2.05) is 0 Å². The van der Waals surface area contributed by atoms with E-state index in [1.165, 1.54) is 28.9 Å². The van der Waals surface area contributed by atoms with Crippen LogP contribution in [0.1, 0.15) is 0 Å². The first kappa shape index (κ1) is 17.4. The maximum absolute atomic E-state index is 12.2. The van der Waals surface area contributed by atoms with Crippen molar-refractivity contribution >= 4 is 29.0 Å². The second-order valence-corrected chi connectivity index (χ2v) is 5.94. The summed E-state index contributed by atoms with van der Waals surface area (Å²) in [5.74, 6) is -0.0283. The van der Waals surface area contributed by atoms with Gasteiger partial charge in [0, 0.05) is 21.7 Å². The quantitative estimate of drug-likeness (QED) is 0.660. The summed E-state index contributed by atoms with van der Waals surface area (Å²) in [5.41, 5.74) is 7.62. The molecule has 130 valence electrons. The molecule has 0 amide bonds. The fourth-order valence-corrected chi connectivity index (χ4v) is 2.76. The Morgan fingerprint density at radius 1 is 0.960 bits per heavy atom. The lowest BCUT2D eigenvalue weighted by Gasteiger charge is -2.09. The molecule has 2 aromatic carbocycles. The number of nitrogen functional groups attached to an aromatic ring is 1. The number of nitrogens with zero attached hydrogens (tertiary/aromatic N) is 2. The van der Waals surface area contributed by atoms with Crippen LogP contribution in [0.4, 0.5) is 19.0 Å². The minimum Gasteiger partial charge on any atom is -0.406 e. The van der Waals surface area contributed by atoms with Gasteiger partial charge in [0.15, 0.2) is 0 Å². The van der Waals surface area contributed by atoms with Crippen molar-refractivity contribution in [1.82, 2.24) is 9.78 Å². The van der Waals surface area contributed by atoms with Crippen LogP contribution in [-0.4, -0.2) is 16.1 Å². The molecule has 25 heavy (non-hydrogen) atoms. The zero-order chi connectivity index (χ0) is 18.2. The summed E-state index contributed by atoms with van der Waals surface area (Å²) in [6.07, 6.45) is -4.74. The van der Waals surface area contributed by atoms with E-state index in [2.05, 4.69) is 9.84 Å². The van der Waals surface area contributed by atoms with Gasteiger partial charge in [0.25, 0.3) is 0 Å². The predicted molar refractivity (Wildman–Crippen MR) is 90.1 cm³/mol. The van der Waals surface area contributed by atoms with Gasteiger partial charge in [0.2, 0.25) is 0 Å². The number of ether oxygens (including phenoxy) is 1. The molecule has 0 aliphatic heterocycles. The van der Waals surface area contributed by atoms with Gasteiger partial charge in [-0.2, -0.15) is 5.10 Å². The van der Waals surface area contributed by atoms with Crippen LogP contribution >= 0.6 is 23.2 Å². The molecule has 0 aliphatic rings. The van der Waals surface area contributed by atoms with Crippen molar-refractivity contribution in [3.05, 3.63) is 58.6 Å². The Labute approximate surface area is 150 Å². The summed E-state index contributed by atoms with van der Waals surface area (Å²) >= 11 is 12.0. The Balaban J connectivity index is 1.92. The molecule has 0 saturated carbocycles. The summed E-state index contributed by atoms with van der Waals surface area (Å²) in [6.45, 7) is 0. The number of hydrogen-bond acceptors (Lipinski definition) is 3. The maximum atomic E-state index is 12.2. The van der Waals surface area contributed by atoms with E-state index in [-0.39, 0.29) is 5.75 Å². The summed E-state index contributed by atoms with van der Waals surface area (Å²) in [4.78, 5) is 0. The molecule has 1 aromatic heterocycles. The third-order valence-corrected chi connectivity index (χ3v) is 3.65. The van der Waals surface area contributed by atoms with Gasteiger partial charge in [-0.25, -0.2) is 4.68 Å². The first-order valence-electron chi connectivity index (χ1n) is 6.89. The van der Waals surface area contributed by atoms with E-state index in [9.17, 15) is 13.2 Å². The van der Waals surface area contributed by atoms with Crippen molar-refractivity contribution < 1.29 is 17.9 Å². The lowest BCUT2D eigenvalue weighted by molar-refractivity contribution is -0.274. The van der Waals surface area contributed by atoms with Crippen molar-refractivity contribution in [2.75, 3.05) is 5.73 Å². The molecule has 0 spiro atoms. The van der Waals surface area contributed by atoms with Crippen LogP contribution < -0.4 is 10.5 Å². The lowest BCUT2D eigenvalue weighted by Crippen LogP contribution is -2.17.